The van der Waals surface area contributed by atoms with Gasteiger partial charge in [-0.05, 0) is 61.2 Å². The lowest BCUT2D eigenvalue weighted by molar-refractivity contribution is -0.170. The first-order valence-corrected chi connectivity index (χ1v) is 9.70. The van der Waals surface area contributed by atoms with Crippen molar-refractivity contribution in [3.05, 3.63) is 0 Å². The Morgan fingerprint density at radius 2 is 1.78 bits per heavy atom. The molecule has 0 aromatic carbocycles. The normalized spacial score (nSPS) is 36.3. The van der Waals surface area contributed by atoms with Crippen LogP contribution in [0.15, 0.2) is 0 Å². The van der Waals surface area contributed by atoms with E-state index in [2.05, 4.69) is 55.4 Å². The molecule has 0 aromatic heterocycles. The molecular formula is C21H38O2. The Bertz CT molecular complexity index is 434. The first-order valence-electron chi connectivity index (χ1n) is 9.70. The van der Waals surface area contributed by atoms with Gasteiger partial charge in [0.1, 0.15) is 6.10 Å². The van der Waals surface area contributed by atoms with Gasteiger partial charge in [-0.15, -0.1) is 0 Å². The van der Waals surface area contributed by atoms with Crippen LogP contribution in [0.3, 0.4) is 0 Å². The predicted octanol–water partition coefficient (Wildman–Crippen LogP) is 5.70. The standard InChI is InChI=1S/C21H38O2/c1-9-16-14(4)15-10-17(16)18(11-15)23-19(22)21(8,13(2)3)12-20(5,6)7/h13-18H,9-12H2,1-8H3. The number of ether oxygens (including phenoxy) is 1. The second-order valence-corrected chi connectivity index (χ2v) is 10.1. The Kier molecular flexibility index (Phi) is 5.24. The van der Waals surface area contributed by atoms with Crippen LogP contribution >= 0.6 is 0 Å². The Morgan fingerprint density at radius 1 is 1.17 bits per heavy atom. The van der Waals surface area contributed by atoms with E-state index >= 15 is 0 Å². The van der Waals surface area contributed by atoms with Crippen LogP contribution in [0.4, 0.5) is 0 Å². The Labute approximate surface area is 143 Å². The smallest absolute Gasteiger partial charge is 0.312 e. The highest BCUT2D eigenvalue weighted by Gasteiger charge is 2.52. The first kappa shape index (κ1) is 18.8. The summed E-state index contributed by atoms with van der Waals surface area (Å²) in [5.41, 5.74) is -0.249. The van der Waals surface area contributed by atoms with Gasteiger partial charge in [0.25, 0.3) is 0 Å². The quantitative estimate of drug-likeness (QED) is 0.607. The maximum atomic E-state index is 13.1. The summed E-state index contributed by atoms with van der Waals surface area (Å²) in [7, 11) is 0. The molecule has 2 saturated carbocycles. The van der Waals surface area contributed by atoms with Crippen molar-refractivity contribution in [3.63, 3.8) is 0 Å². The second kappa shape index (κ2) is 6.41. The van der Waals surface area contributed by atoms with Crippen molar-refractivity contribution in [3.8, 4) is 0 Å². The maximum Gasteiger partial charge on any atom is 0.312 e. The number of carbonyl (C=O) groups excluding carboxylic acids is 1. The summed E-state index contributed by atoms with van der Waals surface area (Å²) in [6, 6.07) is 0. The van der Waals surface area contributed by atoms with Gasteiger partial charge in [-0.25, -0.2) is 0 Å². The van der Waals surface area contributed by atoms with Crippen LogP contribution in [0.25, 0.3) is 0 Å². The molecule has 0 spiro atoms. The molecule has 2 aliphatic rings. The molecule has 6 atom stereocenters. The molecule has 0 heterocycles. The molecule has 0 aliphatic heterocycles. The molecule has 2 fully saturated rings. The lowest BCUT2D eigenvalue weighted by Crippen LogP contribution is -2.42. The van der Waals surface area contributed by atoms with Crippen LogP contribution in [0.1, 0.15) is 81.1 Å². The van der Waals surface area contributed by atoms with E-state index in [-0.39, 0.29) is 22.9 Å². The zero-order valence-electron chi connectivity index (χ0n) is 16.6. The molecule has 134 valence electrons. The van der Waals surface area contributed by atoms with Crippen molar-refractivity contribution < 1.29 is 9.53 Å². The third-order valence-electron chi connectivity index (χ3n) is 6.92. The number of rotatable bonds is 5. The van der Waals surface area contributed by atoms with E-state index in [0.29, 0.717) is 11.8 Å². The summed E-state index contributed by atoms with van der Waals surface area (Å²) in [5, 5.41) is 0. The summed E-state index contributed by atoms with van der Waals surface area (Å²) in [6.07, 6.45) is 4.64. The molecule has 23 heavy (non-hydrogen) atoms. The lowest BCUT2D eigenvalue weighted by atomic mass is 9.68. The molecule has 0 aromatic rings. The minimum absolute atomic E-state index is 0.0440. The molecular weight excluding hydrogens is 284 g/mol. The minimum atomic E-state index is -0.382. The monoisotopic (exact) mass is 322 g/mol. The van der Waals surface area contributed by atoms with Crippen molar-refractivity contribution >= 4 is 5.97 Å². The van der Waals surface area contributed by atoms with Crippen LogP contribution in [-0.2, 0) is 9.53 Å². The second-order valence-electron chi connectivity index (χ2n) is 10.1. The zero-order valence-corrected chi connectivity index (χ0v) is 16.6. The van der Waals surface area contributed by atoms with Crippen LogP contribution < -0.4 is 0 Å². The summed E-state index contributed by atoms with van der Waals surface area (Å²) in [6.45, 7) is 17.8. The summed E-state index contributed by atoms with van der Waals surface area (Å²) < 4.78 is 6.16. The third-order valence-corrected chi connectivity index (χ3v) is 6.92. The Morgan fingerprint density at radius 3 is 2.22 bits per heavy atom. The van der Waals surface area contributed by atoms with Crippen molar-refractivity contribution in [2.75, 3.05) is 0 Å². The van der Waals surface area contributed by atoms with E-state index in [4.69, 9.17) is 4.74 Å². The van der Waals surface area contributed by atoms with Crippen LogP contribution in [-0.4, -0.2) is 12.1 Å². The van der Waals surface area contributed by atoms with Gasteiger partial charge in [-0.2, -0.15) is 0 Å². The third kappa shape index (κ3) is 3.61. The fourth-order valence-electron chi connectivity index (χ4n) is 5.39. The molecule has 6 unspecified atom stereocenters. The van der Waals surface area contributed by atoms with E-state index in [1.165, 1.54) is 12.8 Å². The number of hydrogen-bond donors (Lipinski definition) is 0. The highest BCUT2D eigenvalue weighted by atomic mass is 16.5. The summed E-state index contributed by atoms with van der Waals surface area (Å²) in [5.74, 6) is 3.28. The highest BCUT2D eigenvalue weighted by molar-refractivity contribution is 5.77. The van der Waals surface area contributed by atoms with Gasteiger partial charge < -0.3 is 4.74 Å². The summed E-state index contributed by atoms with van der Waals surface area (Å²) >= 11 is 0. The fourth-order valence-corrected chi connectivity index (χ4v) is 5.39. The van der Waals surface area contributed by atoms with Gasteiger partial charge in [0.15, 0.2) is 0 Å². The largest absolute Gasteiger partial charge is 0.462 e. The van der Waals surface area contributed by atoms with Crippen molar-refractivity contribution in [1.82, 2.24) is 0 Å². The molecule has 2 nitrogen and oxygen atoms in total. The van der Waals surface area contributed by atoms with E-state index in [0.717, 1.165) is 30.6 Å². The first-order chi connectivity index (χ1) is 10.5. The van der Waals surface area contributed by atoms with E-state index in [9.17, 15) is 4.79 Å². The zero-order chi connectivity index (χ0) is 17.6. The maximum absolute atomic E-state index is 13.1. The van der Waals surface area contributed by atoms with Crippen LogP contribution in [0, 0.1) is 40.4 Å². The SMILES string of the molecule is CCC1C(C)C2CC(OC(=O)C(C)(CC(C)(C)C)C(C)C)C1C2. The van der Waals surface area contributed by atoms with Gasteiger partial charge in [0.05, 0.1) is 5.41 Å². The van der Waals surface area contributed by atoms with Crippen LogP contribution in [0.5, 0.6) is 0 Å². The van der Waals surface area contributed by atoms with Gasteiger partial charge in [0.2, 0.25) is 0 Å². The summed E-state index contributed by atoms with van der Waals surface area (Å²) in [4.78, 5) is 13.1. The number of fused-ring (bicyclic) bond motifs is 2. The Hall–Kier alpha value is -0.530. The molecule has 0 N–H and O–H groups in total. The molecule has 0 amide bonds. The molecule has 0 saturated heterocycles. The predicted molar refractivity (Wildman–Crippen MR) is 96.1 cm³/mol. The lowest BCUT2D eigenvalue weighted by Gasteiger charge is -2.40. The Balaban J connectivity index is 2.09. The average molecular weight is 323 g/mol. The number of esters is 1. The van der Waals surface area contributed by atoms with Crippen LogP contribution in [0.2, 0.25) is 0 Å². The van der Waals surface area contributed by atoms with E-state index in [1.807, 2.05) is 0 Å². The van der Waals surface area contributed by atoms with Gasteiger partial charge >= 0.3 is 5.97 Å². The van der Waals surface area contributed by atoms with E-state index < -0.39 is 0 Å². The minimum Gasteiger partial charge on any atom is -0.462 e. The average Bonchev–Trinajstić information content (AvgIpc) is 2.93. The van der Waals surface area contributed by atoms with Gasteiger partial charge in [0, 0.05) is 0 Å². The van der Waals surface area contributed by atoms with Gasteiger partial charge in [-0.3, -0.25) is 4.79 Å². The fraction of sp³-hybridized carbons (Fsp3) is 0.952. The van der Waals surface area contributed by atoms with Crippen molar-refractivity contribution in [2.45, 2.75) is 87.2 Å². The molecule has 2 bridgehead atoms. The van der Waals surface area contributed by atoms with Crippen molar-refractivity contribution in [1.29, 1.82) is 0 Å². The highest BCUT2D eigenvalue weighted by Crippen LogP contribution is 2.55. The molecule has 2 heteroatoms. The van der Waals surface area contributed by atoms with Crippen molar-refractivity contribution in [2.24, 2.45) is 40.4 Å². The molecule has 2 aliphatic carbocycles. The topological polar surface area (TPSA) is 26.3 Å². The molecule has 2 rings (SSSR count). The van der Waals surface area contributed by atoms with E-state index in [1.54, 1.807) is 0 Å². The number of hydrogen-bond acceptors (Lipinski definition) is 2. The number of carbonyl (C=O) groups is 1. The molecule has 0 radical (unpaired) electrons. The van der Waals surface area contributed by atoms with Gasteiger partial charge in [-0.1, -0.05) is 54.9 Å².